The van der Waals surface area contributed by atoms with E-state index in [1.54, 1.807) is 6.07 Å². The number of nitrogens with zero attached hydrogens (tertiary/aromatic N) is 1. The highest BCUT2D eigenvalue weighted by molar-refractivity contribution is 6.31. The zero-order valence-corrected chi connectivity index (χ0v) is 15.4. The molecule has 0 aliphatic heterocycles. The lowest BCUT2D eigenvalue weighted by Crippen LogP contribution is -2.21. The normalized spacial score (nSPS) is 18.6. The van der Waals surface area contributed by atoms with Crippen LogP contribution in [0.15, 0.2) is 18.2 Å². The molecule has 0 saturated heterocycles. The van der Waals surface area contributed by atoms with Crippen LogP contribution in [0.2, 0.25) is 5.02 Å². The summed E-state index contributed by atoms with van der Waals surface area (Å²) in [6, 6.07) is 4.56. The Kier molecular flexibility index (Phi) is 5.39. The van der Waals surface area contributed by atoms with E-state index in [1.807, 2.05) is 0 Å². The van der Waals surface area contributed by atoms with Crippen molar-refractivity contribution < 1.29 is 27.1 Å². The van der Waals surface area contributed by atoms with E-state index in [1.165, 1.54) is 6.92 Å². The number of alkyl halides is 3. The summed E-state index contributed by atoms with van der Waals surface area (Å²) in [7, 11) is 0. The summed E-state index contributed by atoms with van der Waals surface area (Å²) in [5.74, 6) is -5.35. The van der Waals surface area contributed by atoms with Gasteiger partial charge in [0.25, 0.3) is 5.92 Å². The van der Waals surface area contributed by atoms with Crippen LogP contribution in [-0.2, 0) is 12.8 Å². The summed E-state index contributed by atoms with van der Waals surface area (Å²) < 4.78 is 70.5. The van der Waals surface area contributed by atoms with Crippen LogP contribution in [0.5, 0.6) is 0 Å². The number of rotatable bonds is 4. The first kappa shape index (κ1) is 20.6. The van der Waals surface area contributed by atoms with Gasteiger partial charge < -0.3 is 5.11 Å². The molecule has 3 rings (SSSR count). The molecule has 1 N–H and O–H groups in total. The minimum atomic E-state index is -3.54. The van der Waals surface area contributed by atoms with Gasteiger partial charge in [0, 0.05) is 12.0 Å². The van der Waals surface area contributed by atoms with Gasteiger partial charge in [0.2, 0.25) is 0 Å². The predicted molar refractivity (Wildman–Crippen MR) is 93.1 cm³/mol. The minimum Gasteiger partial charge on any atom is -0.382 e. The van der Waals surface area contributed by atoms with Crippen molar-refractivity contribution in [2.75, 3.05) is 0 Å². The van der Waals surface area contributed by atoms with Crippen molar-refractivity contribution >= 4 is 11.6 Å². The molecule has 0 amide bonds. The summed E-state index contributed by atoms with van der Waals surface area (Å²) in [5.41, 5.74) is -0.576. The van der Waals surface area contributed by atoms with Crippen molar-refractivity contribution in [3.05, 3.63) is 68.2 Å². The first-order valence-electron chi connectivity index (χ1n) is 8.52. The molecule has 28 heavy (non-hydrogen) atoms. The Labute approximate surface area is 163 Å². The maximum Gasteiger partial charge on any atom is 0.281 e. The standard InChI is InChI=1S/C20H15ClF5NO/c1-2-15(23)13-6-11(22)3-10(8-27)12(13)4-9-5-16(24)18(21)17-14(9)7-20(25,26)19(17)28/h3,5-6,15,19,28H,2,4,7H2,1H3. The molecule has 0 spiro atoms. The van der Waals surface area contributed by atoms with Crippen molar-refractivity contribution in [2.45, 2.75) is 44.4 Å². The van der Waals surface area contributed by atoms with E-state index in [2.05, 4.69) is 0 Å². The Bertz CT molecular complexity index is 986. The molecule has 0 fully saturated rings. The molecule has 1 aliphatic rings. The van der Waals surface area contributed by atoms with Crippen LogP contribution >= 0.6 is 11.6 Å². The zero-order valence-electron chi connectivity index (χ0n) is 14.7. The summed E-state index contributed by atoms with van der Waals surface area (Å²) in [5, 5.41) is 18.6. The van der Waals surface area contributed by atoms with Crippen molar-refractivity contribution in [3.8, 4) is 6.07 Å². The molecule has 2 nitrogen and oxygen atoms in total. The van der Waals surface area contributed by atoms with Gasteiger partial charge in [-0.15, -0.1) is 0 Å². The molecular formula is C20H15ClF5NO. The highest BCUT2D eigenvalue weighted by Gasteiger charge is 2.49. The lowest BCUT2D eigenvalue weighted by molar-refractivity contribution is -0.0968. The van der Waals surface area contributed by atoms with Gasteiger partial charge in [0.05, 0.1) is 16.7 Å². The average Bonchev–Trinajstić information content (AvgIpc) is 2.89. The van der Waals surface area contributed by atoms with Crippen LogP contribution in [0.25, 0.3) is 0 Å². The molecule has 0 aromatic heterocycles. The summed E-state index contributed by atoms with van der Waals surface area (Å²) >= 11 is 5.79. The Hall–Kier alpha value is -2.17. The van der Waals surface area contributed by atoms with Gasteiger partial charge in [0.1, 0.15) is 23.9 Å². The predicted octanol–water partition coefficient (Wildman–Crippen LogP) is 5.73. The van der Waals surface area contributed by atoms with Crippen LogP contribution in [0.3, 0.4) is 0 Å². The number of hydrogen-bond acceptors (Lipinski definition) is 2. The van der Waals surface area contributed by atoms with Gasteiger partial charge >= 0.3 is 0 Å². The highest BCUT2D eigenvalue weighted by Crippen LogP contribution is 2.48. The molecule has 0 saturated carbocycles. The molecule has 0 heterocycles. The van der Waals surface area contributed by atoms with E-state index in [9.17, 15) is 32.3 Å². The van der Waals surface area contributed by atoms with Crippen LogP contribution in [0, 0.1) is 23.0 Å². The third kappa shape index (κ3) is 3.36. The molecule has 2 aromatic rings. The van der Waals surface area contributed by atoms with Gasteiger partial charge in [-0.25, -0.2) is 22.0 Å². The topological polar surface area (TPSA) is 44.0 Å². The van der Waals surface area contributed by atoms with Gasteiger partial charge in [-0.3, -0.25) is 0 Å². The zero-order chi connectivity index (χ0) is 20.8. The largest absolute Gasteiger partial charge is 0.382 e. The lowest BCUT2D eigenvalue weighted by Gasteiger charge is -2.17. The number of benzene rings is 2. The smallest absolute Gasteiger partial charge is 0.281 e. The Morgan fingerprint density at radius 2 is 2.00 bits per heavy atom. The fourth-order valence-corrected chi connectivity index (χ4v) is 3.85. The molecule has 2 unspecified atom stereocenters. The third-order valence-corrected chi connectivity index (χ3v) is 5.36. The number of hydrogen-bond donors (Lipinski definition) is 1. The number of halogens is 6. The van der Waals surface area contributed by atoms with Gasteiger partial charge in [-0.2, -0.15) is 5.26 Å². The summed E-state index contributed by atoms with van der Waals surface area (Å²) in [6.07, 6.45) is -5.00. The maximum absolute atomic E-state index is 14.4. The van der Waals surface area contributed by atoms with E-state index in [0.717, 1.165) is 18.2 Å². The molecule has 0 radical (unpaired) electrons. The first-order valence-corrected chi connectivity index (χ1v) is 8.90. The quantitative estimate of drug-likeness (QED) is 0.648. The van der Waals surface area contributed by atoms with Crippen molar-refractivity contribution in [1.82, 2.24) is 0 Å². The molecule has 2 aromatic carbocycles. The Morgan fingerprint density at radius 3 is 2.61 bits per heavy atom. The Balaban J connectivity index is 2.20. The van der Waals surface area contributed by atoms with E-state index < -0.39 is 46.8 Å². The van der Waals surface area contributed by atoms with Crippen molar-refractivity contribution in [3.63, 3.8) is 0 Å². The number of aliphatic hydroxyl groups is 1. The van der Waals surface area contributed by atoms with Crippen LogP contribution in [-0.4, -0.2) is 11.0 Å². The lowest BCUT2D eigenvalue weighted by atomic mass is 9.89. The number of aliphatic hydroxyl groups excluding tert-OH is 1. The van der Waals surface area contributed by atoms with Gasteiger partial charge in [0.15, 0.2) is 0 Å². The maximum atomic E-state index is 14.4. The molecule has 2 atom stereocenters. The van der Waals surface area contributed by atoms with E-state index in [-0.39, 0.29) is 40.7 Å². The summed E-state index contributed by atoms with van der Waals surface area (Å²) in [6.45, 7) is 1.53. The number of fused-ring (bicyclic) bond motifs is 1. The van der Waals surface area contributed by atoms with E-state index in [0.29, 0.717) is 0 Å². The van der Waals surface area contributed by atoms with Crippen molar-refractivity contribution in [1.29, 1.82) is 5.26 Å². The SMILES string of the molecule is CCC(F)c1cc(F)cc(C#N)c1Cc1cc(F)c(Cl)c2c1CC(F)(F)C2O. The monoisotopic (exact) mass is 415 g/mol. The molecule has 8 heteroatoms. The van der Waals surface area contributed by atoms with Crippen molar-refractivity contribution in [2.24, 2.45) is 0 Å². The second-order valence-electron chi connectivity index (χ2n) is 6.75. The van der Waals surface area contributed by atoms with Gasteiger partial charge in [-0.05, 0) is 53.3 Å². The highest BCUT2D eigenvalue weighted by atomic mass is 35.5. The molecule has 148 valence electrons. The average molecular weight is 416 g/mol. The fraction of sp³-hybridized carbons (Fsp3) is 0.350. The molecular weight excluding hydrogens is 401 g/mol. The second kappa shape index (κ2) is 7.34. The van der Waals surface area contributed by atoms with Crippen LogP contribution in [0.1, 0.15) is 59.0 Å². The minimum absolute atomic E-state index is 0.00515. The van der Waals surface area contributed by atoms with Gasteiger partial charge in [-0.1, -0.05) is 18.5 Å². The van der Waals surface area contributed by atoms with Crippen LogP contribution in [0.4, 0.5) is 22.0 Å². The Morgan fingerprint density at radius 1 is 1.32 bits per heavy atom. The first-order chi connectivity index (χ1) is 13.1. The van der Waals surface area contributed by atoms with E-state index >= 15 is 0 Å². The fourth-order valence-electron chi connectivity index (χ4n) is 3.58. The second-order valence-corrected chi connectivity index (χ2v) is 7.13. The third-order valence-electron chi connectivity index (χ3n) is 4.98. The molecule has 1 aliphatic carbocycles. The van der Waals surface area contributed by atoms with E-state index in [4.69, 9.17) is 11.6 Å². The summed E-state index contributed by atoms with van der Waals surface area (Å²) in [4.78, 5) is 0. The molecule has 0 bridgehead atoms. The van der Waals surface area contributed by atoms with Crippen LogP contribution < -0.4 is 0 Å². The number of nitriles is 1.